The van der Waals surface area contributed by atoms with Crippen LogP contribution in [0.3, 0.4) is 0 Å². The molecule has 0 radical (unpaired) electrons. The van der Waals surface area contributed by atoms with E-state index < -0.39 is 128 Å². The third-order valence-electron chi connectivity index (χ3n) is 6.64. The molecule has 0 spiro atoms. The van der Waals surface area contributed by atoms with Crippen LogP contribution in [0.25, 0.3) is 0 Å². The molecule has 10 atom stereocenters. The molecular formula is C29H40O18. The largest absolute Gasteiger partial charge is 0.463 e. The van der Waals surface area contributed by atoms with Gasteiger partial charge in [-0.15, -0.1) is 0 Å². The summed E-state index contributed by atoms with van der Waals surface area (Å²) in [6.45, 7) is 7.58. The van der Waals surface area contributed by atoms with Crippen LogP contribution in [0.5, 0.6) is 0 Å². The summed E-state index contributed by atoms with van der Waals surface area (Å²) in [6, 6.07) is 0. The van der Waals surface area contributed by atoms with Crippen LogP contribution in [0.15, 0.2) is 0 Å². The first-order valence-corrected chi connectivity index (χ1v) is 14.5. The van der Waals surface area contributed by atoms with Gasteiger partial charge in [0.05, 0.1) is 0 Å². The van der Waals surface area contributed by atoms with Gasteiger partial charge in [-0.3, -0.25) is 38.4 Å². The first kappa shape index (κ1) is 38.9. The monoisotopic (exact) mass is 676 g/mol. The zero-order chi connectivity index (χ0) is 35.6. The maximum atomic E-state index is 12.3. The lowest BCUT2D eigenvalue weighted by Gasteiger charge is -2.48. The quantitative estimate of drug-likeness (QED) is 0.190. The number of carbonyl (C=O) groups excluding carboxylic acids is 8. The Morgan fingerprint density at radius 3 is 0.830 bits per heavy atom. The highest BCUT2D eigenvalue weighted by Crippen LogP contribution is 2.36. The number of hydrogen-bond acceptors (Lipinski definition) is 18. The minimum atomic E-state index is -1.51. The van der Waals surface area contributed by atoms with E-state index in [4.69, 9.17) is 47.4 Å². The standard InChI is InChI=1S/C29H40O18/c1-12(30)38-10-22-26(42-16(5)34)28(44-18(7)36)24(40-14(3)32)20(46-22)9-21-25(41-15(4)33)29(45-19(8)37)27(43-17(6)35)23(47-21)11-39-13(2)31/h20-29H,9-11H2,1-8H3/t20-,21+,22-,23-,24+,25+,26-,27-,28-,29-/m1/s1. The summed E-state index contributed by atoms with van der Waals surface area (Å²) in [6.07, 6.45) is -14.5. The van der Waals surface area contributed by atoms with Gasteiger partial charge in [0.2, 0.25) is 0 Å². The summed E-state index contributed by atoms with van der Waals surface area (Å²) < 4.78 is 55.2. The van der Waals surface area contributed by atoms with Crippen molar-refractivity contribution in [3.8, 4) is 0 Å². The van der Waals surface area contributed by atoms with E-state index >= 15 is 0 Å². The molecule has 18 nitrogen and oxygen atoms in total. The van der Waals surface area contributed by atoms with Crippen molar-refractivity contribution >= 4 is 47.8 Å². The number of esters is 8. The summed E-state index contributed by atoms with van der Waals surface area (Å²) >= 11 is 0. The van der Waals surface area contributed by atoms with Crippen LogP contribution < -0.4 is 0 Å². The predicted octanol–water partition coefficient (Wildman–Crippen LogP) is -0.372. The molecule has 0 saturated carbocycles. The van der Waals surface area contributed by atoms with E-state index in [0.717, 1.165) is 55.4 Å². The Balaban J connectivity index is 2.69. The van der Waals surface area contributed by atoms with Crippen LogP contribution in [-0.4, -0.2) is 122 Å². The fraction of sp³-hybridized carbons (Fsp3) is 0.724. The Bertz CT molecular complexity index is 1110. The average Bonchev–Trinajstić information content (AvgIpc) is 2.91. The number of rotatable bonds is 12. The number of carbonyl (C=O) groups is 8. The van der Waals surface area contributed by atoms with Crippen LogP contribution in [0.2, 0.25) is 0 Å². The third-order valence-corrected chi connectivity index (χ3v) is 6.64. The van der Waals surface area contributed by atoms with Crippen molar-refractivity contribution in [1.82, 2.24) is 0 Å². The molecule has 0 bridgehead atoms. The highest BCUT2D eigenvalue weighted by atomic mass is 16.7. The molecule has 0 aliphatic carbocycles. The fourth-order valence-corrected chi connectivity index (χ4v) is 5.24. The smallest absolute Gasteiger partial charge is 0.303 e. The molecular weight excluding hydrogens is 636 g/mol. The van der Waals surface area contributed by atoms with Crippen molar-refractivity contribution < 1.29 is 85.7 Å². The zero-order valence-corrected chi connectivity index (χ0v) is 27.2. The third kappa shape index (κ3) is 12.1. The van der Waals surface area contributed by atoms with Crippen molar-refractivity contribution in [2.24, 2.45) is 0 Å². The van der Waals surface area contributed by atoms with Gasteiger partial charge in [-0.2, -0.15) is 0 Å². The van der Waals surface area contributed by atoms with Crippen molar-refractivity contribution in [3.05, 3.63) is 0 Å². The van der Waals surface area contributed by atoms with Gasteiger partial charge < -0.3 is 47.4 Å². The lowest BCUT2D eigenvalue weighted by atomic mass is 9.86. The number of hydrogen-bond donors (Lipinski definition) is 0. The fourth-order valence-electron chi connectivity index (χ4n) is 5.24. The van der Waals surface area contributed by atoms with Crippen molar-refractivity contribution in [1.29, 1.82) is 0 Å². The summed E-state index contributed by atoms with van der Waals surface area (Å²) in [4.78, 5) is 96.5. The Morgan fingerprint density at radius 1 is 0.362 bits per heavy atom. The molecule has 2 rings (SSSR count). The highest BCUT2D eigenvalue weighted by molar-refractivity contribution is 5.70. The molecule has 2 heterocycles. The van der Waals surface area contributed by atoms with E-state index in [1.54, 1.807) is 0 Å². The Kier molecular flexibility index (Phi) is 14.5. The predicted molar refractivity (Wildman–Crippen MR) is 149 cm³/mol. The van der Waals surface area contributed by atoms with Gasteiger partial charge in [-0.25, -0.2) is 0 Å². The van der Waals surface area contributed by atoms with Crippen molar-refractivity contribution in [3.63, 3.8) is 0 Å². The molecule has 47 heavy (non-hydrogen) atoms. The normalized spacial score (nSPS) is 30.0. The van der Waals surface area contributed by atoms with Crippen LogP contribution in [0, 0.1) is 0 Å². The molecule has 2 aliphatic heterocycles. The van der Waals surface area contributed by atoms with Crippen LogP contribution >= 0.6 is 0 Å². The topological polar surface area (TPSA) is 229 Å². The van der Waals surface area contributed by atoms with E-state index in [9.17, 15) is 38.4 Å². The van der Waals surface area contributed by atoms with E-state index in [-0.39, 0.29) is 0 Å². The van der Waals surface area contributed by atoms with Gasteiger partial charge in [0.15, 0.2) is 36.6 Å². The zero-order valence-electron chi connectivity index (χ0n) is 27.2. The van der Waals surface area contributed by atoms with Crippen LogP contribution in [-0.2, 0) is 85.7 Å². The molecule has 0 N–H and O–H groups in total. The SMILES string of the molecule is CC(=O)OC[C@H]1O[C@@H](C[C@H]2O[C@H](COC(C)=O)[C@@H](OC(C)=O)[C@H](OC(C)=O)[C@H]2OC(C)=O)[C@H](OC(C)=O)[C@@H](OC(C)=O)[C@@H]1OC(C)=O. The Labute approximate surface area is 269 Å². The molecule has 18 heteroatoms. The van der Waals surface area contributed by atoms with Gasteiger partial charge in [-0.05, 0) is 0 Å². The highest BCUT2D eigenvalue weighted by Gasteiger charge is 2.57. The molecule has 2 saturated heterocycles. The maximum Gasteiger partial charge on any atom is 0.303 e. The second-order valence-corrected chi connectivity index (χ2v) is 10.7. The van der Waals surface area contributed by atoms with Gasteiger partial charge in [0.1, 0.15) is 37.6 Å². The average molecular weight is 677 g/mol. The minimum absolute atomic E-state index is 0.391. The molecule has 264 valence electrons. The molecule has 0 aromatic carbocycles. The summed E-state index contributed by atoms with van der Waals surface area (Å²) in [5.41, 5.74) is 0. The lowest BCUT2D eigenvalue weighted by molar-refractivity contribution is -0.276. The van der Waals surface area contributed by atoms with Gasteiger partial charge in [-0.1, -0.05) is 0 Å². The van der Waals surface area contributed by atoms with Crippen molar-refractivity contribution in [2.75, 3.05) is 13.2 Å². The maximum absolute atomic E-state index is 12.3. The molecule has 2 fully saturated rings. The van der Waals surface area contributed by atoms with Crippen molar-refractivity contribution in [2.45, 2.75) is 123 Å². The molecule has 0 aromatic heterocycles. The summed E-state index contributed by atoms with van der Waals surface area (Å²) in [7, 11) is 0. The minimum Gasteiger partial charge on any atom is -0.463 e. The Hall–Kier alpha value is -4.32. The molecule has 0 aromatic rings. The van der Waals surface area contributed by atoms with E-state index in [2.05, 4.69) is 0 Å². The van der Waals surface area contributed by atoms with Crippen LogP contribution in [0.4, 0.5) is 0 Å². The second kappa shape index (κ2) is 17.6. The Morgan fingerprint density at radius 2 is 0.596 bits per heavy atom. The van der Waals surface area contributed by atoms with Gasteiger partial charge >= 0.3 is 47.8 Å². The van der Waals surface area contributed by atoms with E-state index in [1.807, 2.05) is 0 Å². The van der Waals surface area contributed by atoms with Crippen LogP contribution in [0.1, 0.15) is 61.8 Å². The van der Waals surface area contributed by atoms with Gasteiger partial charge in [0.25, 0.3) is 0 Å². The summed E-state index contributed by atoms with van der Waals surface area (Å²) in [5.74, 6) is -6.54. The molecule has 0 amide bonds. The first-order chi connectivity index (χ1) is 21.9. The first-order valence-electron chi connectivity index (χ1n) is 14.5. The second-order valence-electron chi connectivity index (χ2n) is 10.7. The summed E-state index contributed by atoms with van der Waals surface area (Å²) in [5, 5.41) is 0. The van der Waals surface area contributed by atoms with E-state index in [0.29, 0.717) is 0 Å². The number of ether oxygens (including phenoxy) is 10. The lowest BCUT2D eigenvalue weighted by Crippen LogP contribution is -2.66. The molecule has 2 aliphatic rings. The van der Waals surface area contributed by atoms with E-state index in [1.165, 1.54) is 0 Å². The molecule has 0 unspecified atom stereocenters. The van der Waals surface area contributed by atoms with Gasteiger partial charge in [0, 0.05) is 61.8 Å².